The van der Waals surface area contributed by atoms with E-state index < -0.39 is 0 Å². The van der Waals surface area contributed by atoms with Crippen LogP contribution < -0.4 is 5.32 Å². The molecular formula is C23H31N3O. The number of rotatable bonds is 7. The zero-order chi connectivity index (χ0) is 19.1. The monoisotopic (exact) mass is 365 g/mol. The number of amides is 2. The van der Waals surface area contributed by atoms with Crippen molar-refractivity contribution in [1.29, 1.82) is 0 Å². The first-order valence-electron chi connectivity index (χ1n) is 10.0. The van der Waals surface area contributed by atoms with Crippen LogP contribution in [0.15, 0.2) is 55.3 Å². The second kappa shape index (κ2) is 9.45. The number of urea groups is 1. The fraction of sp³-hybridized carbons (Fsp3) is 0.435. The van der Waals surface area contributed by atoms with Crippen molar-refractivity contribution < 1.29 is 4.79 Å². The van der Waals surface area contributed by atoms with Crippen molar-refractivity contribution in [2.24, 2.45) is 0 Å². The highest BCUT2D eigenvalue weighted by Crippen LogP contribution is 2.18. The molecule has 1 heterocycles. The highest BCUT2D eigenvalue weighted by molar-refractivity contribution is 5.74. The van der Waals surface area contributed by atoms with Gasteiger partial charge in [-0.3, -0.25) is 0 Å². The van der Waals surface area contributed by atoms with Crippen LogP contribution in [0.5, 0.6) is 0 Å². The molecule has 2 aromatic rings. The number of nitrogens with zero attached hydrogens (tertiary/aromatic N) is 2. The maximum atomic E-state index is 12.8. The maximum absolute atomic E-state index is 12.8. The zero-order valence-corrected chi connectivity index (χ0v) is 16.4. The lowest BCUT2D eigenvalue weighted by Gasteiger charge is -2.28. The number of benzene rings is 1. The van der Waals surface area contributed by atoms with Crippen LogP contribution >= 0.6 is 0 Å². The van der Waals surface area contributed by atoms with Gasteiger partial charge in [-0.05, 0) is 37.5 Å². The maximum Gasteiger partial charge on any atom is 0.318 e. The topological polar surface area (TPSA) is 37.3 Å². The quantitative estimate of drug-likeness (QED) is 0.698. The Morgan fingerprint density at radius 1 is 1.26 bits per heavy atom. The normalized spacial score (nSPS) is 14.7. The smallest absolute Gasteiger partial charge is 0.318 e. The molecule has 3 rings (SSSR count). The Bertz CT molecular complexity index is 758. The number of aryl methyl sites for hydroxylation is 1. The largest absolute Gasteiger partial charge is 0.345 e. The van der Waals surface area contributed by atoms with Crippen molar-refractivity contribution in [3.63, 3.8) is 0 Å². The Hall–Kier alpha value is -2.49. The summed E-state index contributed by atoms with van der Waals surface area (Å²) < 4.78 is 2.22. The van der Waals surface area contributed by atoms with E-state index in [1.165, 1.54) is 30.4 Å². The highest BCUT2D eigenvalue weighted by Gasteiger charge is 2.20. The number of hydrogen-bond acceptors (Lipinski definition) is 1. The second-order valence-corrected chi connectivity index (χ2v) is 7.57. The van der Waals surface area contributed by atoms with E-state index in [1.54, 1.807) is 6.08 Å². The molecule has 0 aliphatic heterocycles. The molecule has 2 amide bonds. The molecule has 27 heavy (non-hydrogen) atoms. The first-order chi connectivity index (χ1) is 13.2. The Labute approximate surface area is 162 Å². The van der Waals surface area contributed by atoms with Gasteiger partial charge in [-0.15, -0.1) is 6.58 Å². The molecule has 4 nitrogen and oxygen atoms in total. The molecule has 1 N–H and O–H groups in total. The molecule has 1 saturated carbocycles. The summed E-state index contributed by atoms with van der Waals surface area (Å²) in [5.41, 5.74) is 3.67. The average Bonchev–Trinajstić information content (AvgIpc) is 3.09. The van der Waals surface area contributed by atoms with Crippen molar-refractivity contribution in [3.05, 3.63) is 72.1 Å². The molecule has 0 spiro atoms. The number of aromatic nitrogens is 1. The summed E-state index contributed by atoms with van der Waals surface area (Å²) in [5.74, 6) is 0. The average molecular weight is 366 g/mol. The van der Waals surface area contributed by atoms with Gasteiger partial charge >= 0.3 is 6.03 Å². The molecule has 1 aliphatic rings. The molecule has 0 bridgehead atoms. The molecule has 1 fully saturated rings. The molecule has 0 unspecified atom stereocenters. The molecule has 1 aliphatic carbocycles. The summed E-state index contributed by atoms with van der Waals surface area (Å²) in [6, 6.07) is 13.0. The van der Waals surface area contributed by atoms with E-state index in [0.29, 0.717) is 19.1 Å². The fourth-order valence-corrected chi connectivity index (χ4v) is 3.84. The van der Waals surface area contributed by atoms with Gasteiger partial charge in [0, 0.05) is 31.0 Å². The number of carbonyl (C=O) groups is 1. The van der Waals surface area contributed by atoms with Crippen LogP contribution in [-0.2, 0) is 13.1 Å². The van der Waals surface area contributed by atoms with E-state index in [4.69, 9.17) is 0 Å². The third-order valence-electron chi connectivity index (χ3n) is 5.28. The van der Waals surface area contributed by atoms with E-state index in [1.807, 2.05) is 4.90 Å². The zero-order valence-electron chi connectivity index (χ0n) is 16.4. The van der Waals surface area contributed by atoms with Gasteiger partial charge in [-0.25, -0.2) is 4.79 Å². The van der Waals surface area contributed by atoms with Crippen LogP contribution in [-0.4, -0.2) is 28.1 Å². The summed E-state index contributed by atoms with van der Waals surface area (Å²) in [5, 5.41) is 3.22. The van der Waals surface area contributed by atoms with Gasteiger partial charge in [0.15, 0.2) is 0 Å². The summed E-state index contributed by atoms with van der Waals surface area (Å²) in [7, 11) is 0. The van der Waals surface area contributed by atoms with Gasteiger partial charge in [0.2, 0.25) is 0 Å². The van der Waals surface area contributed by atoms with Crippen LogP contribution in [0.3, 0.4) is 0 Å². The highest BCUT2D eigenvalue weighted by atomic mass is 16.2. The number of carbonyl (C=O) groups excluding carboxylic acids is 1. The molecule has 0 radical (unpaired) electrons. The summed E-state index contributed by atoms with van der Waals surface area (Å²) in [6.45, 7) is 7.90. The standard InChI is InChI=1S/C23H31N3O/c1-3-14-26(23(27)24-21-11-5-4-6-12-21)18-22-13-8-15-25(22)17-20-10-7-9-19(2)16-20/h3,7-10,13,15-16,21H,1,4-6,11-12,14,17-18H2,2H3,(H,24,27). The van der Waals surface area contributed by atoms with Crippen LogP contribution in [0.4, 0.5) is 4.79 Å². The van der Waals surface area contributed by atoms with Gasteiger partial charge in [-0.1, -0.05) is 55.2 Å². The van der Waals surface area contributed by atoms with E-state index in [0.717, 1.165) is 25.1 Å². The molecule has 4 heteroatoms. The van der Waals surface area contributed by atoms with Crippen molar-refractivity contribution in [1.82, 2.24) is 14.8 Å². The minimum absolute atomic E-state index is 0.0186. The first-order valence-corrected chi connectivity index (χ1v) is 10.0. The molecule has 1 aromatic carbocycles. The van der Waals surface area contributed by atoms with Crippen LogP contribution in [0.25, 0.3) is 0 Å². The molecule has 0 atom stereocenters. The van der Waals surface area contributed by atoms with Crippen molar-refractivity contribution in [2.75, 3.05) is 6.54 Å². The predicted octanol–water partition coefficient (Wildman–Crippen LogP) is 4.88. The van der Waals surface area contributed by atoms with E-state index in [-0.39, 0.29) is 6.03 Å². The lowest BCUT2D eigenvalue weighted by atomic mass is 9.96. The van der Waals surface area contributed by atoms with E-state index >= 15 is 0 Å². The summed E-state index contributed by atoms with van der Waals surface area (Å²) >= 11 is 0. The van der Waals surface area contributed by atoms with Crippen molar-refractivity contribution in [3.8, 4) is 0 Å². The molecular weight excluding hydrogens is 334 g/mol. The first kappa shape index (κ1) is 19.3. The Morgan fingerprint density at radius 2 is 2.07 bits per heavy atom. The third-order valence-corrected chi connectivity index (χ3v) is 5.28. The lowest BCUT2D eigenvalue weighted by Crippen LogP contribution is -2.45. The van der Waals surface area contributed by atoms with E-state index in [2.05, 4.69) is 66.0 Å². The Kier molecular flexibility index (Phi) is 6.74. The minimum Gasteiger partial charge on any atom is -0.345 e. The van der Waals surface area contributed by atoms with Crippen LogP contribution in [0.1, 0.15) is 48.9 Å². The SMILES string of the molecule is C=CCN(Cc1cccn1Cc1cccc(C)c1)C(=O)NC1CCCCC1. The fourth-order valence-electron chi connectivity index (χ4n) is 3.84. The minimum atomic E-state index is 0.0186. The van der Waals surface area contributed by atoms with Gasteiger partial charge < -0.3 is 14.8 Å². The van der Waals surface area contributed by atoms with Gasteiger partial charge in [0.1, 0.15) is 0 Å². The number of nitrogens with one attached hydrogen (secondary N) is 1. The Morgan fingerprint density at radius 3 is 2.81 bits per heavy atom. The number of hydrogen-bond donors (Lipinski definition) is 1. The van der Waals surface area contributed by atoms with Crippen LogP contribution in [0, 0.1) is 6.92 Å². The van der Waals surface area contributed by atoms with E-state index in [9.17, 15) is 4.79 Å². The van der Waals surface area contributed by atoms with Gasteiger partial charge in [0.05, 0.1) is 6.54 Å². The third kappa shape index (κ3) is 5.49. The van der Waals surface area contributed by atoms with Crippen molar-refractivity contribution >= 4 is 6.03 Å². The lowest BCUT2D eigenvalue weighted by molar-refractivity contribution is 0.192. The summed E-state index contributed by atoms with van der Waals surface area (Å²) in [4.78, 5) is 14.7. The van der Waals surface area contributed by atoms with Crippen LogP contribution in [0.2, 0.25) is 0 Å². The Balaban J connectivity index is 1.66. The van der Waals surface area contributed by atoms with Gasteiger partial charge in [-0.2, -0.15) is 0 Å². The van der Waals surface area contributed by atoms with Gasteiger partial charge in [0.25, 0.3) is 0 Å². The molecule has 1 aromatic heterocycles. The predicted molar refractivity (Wildman–Crippen MR) is 111 cm³/mol. The van der Waals surface area contributed by atoms with Crippen molar-refractivity contribution in [2.45, 2.75) is 58.2 Å². The molecule has 0 saturated heterocycles. The second-order valence-electron chi connectivity index (χ2n) is 7.57. The summed E-state index contributed by atoms with van der Waals surface area (Å²) in [6.07, 6.45) is 9.79. The molecule has 144 valence electrons.